The monoisotopic (exact) mass is 347 g/mol. The van der Waals surface area contributed by atoms with Crippen LogP contribution >= 0.6 is 15.9 Å². The highest BCUT2D eigenvalue weighted by Gasteiger charge is 2.20. The first-order valence-corrected chi connectivity index (χ1v) is 7.22. The van der Waals surface area contributed by atoms with Crippen molar-refractivity contribution in [2.24, 2.45) is 0 Å². The van der Waals surface area contributed by atoms with E-state index in [4.69, 9.17) is 4.74 Å². The summed E-state index contributed by atoms with van der Waals surface area (Å²) in [6.07, 6.45) is 6.53. The number of hydrogen-bond acceptors (Lipinski definition) is 5. The van der Waals surface area contributed by atoms with Gasteiger partial charge in [-0.05, 0) is 42.8 Å². The fourth-order valence-corrected chi connectivity index (χ4v) is 2.30. The smallest absolute Gasteiger partial charge is 0.233 e. The molecule has 3 aromatic rings. The van der Waals surface area contributed by atoms with Crippen LogP contribution in [0.1, 0.15) is 20.8 Å². The average Bonchev–Trinajstić information content (AvgIpc) is 2.83. The highest BCUT2D eigenvalue weighted by atomic mass is 79.9. The lowest BCUT2D eigenvalue weighted by atomic mass is 10.1. The zero-order valence-electron chi connectivity index (χ0n) is 11.9. The van der Waals surface area contributed by atoms with Gasteiger partial charge in [0.15, 0.2) is 5.65 Å². The van der Waals surface area contributed by atoms with E-state index < -0.39 is 0 Å². The molecule has 0 aliphatic rings. The minimum atomic E-state index is -0.162. The summed E-state index contributed by atoms with van der Waals surface area (Å²) in [4.78, 5) is 12.6. The van der Waals surface area contributed by atoms with E-state index in [1.54, 1.807) is 18.6 Å². The standard InChI is InChI=1S/C14H14BrN5O/c1-14(2,3)20-12-11(7-19-20)13(18-8-17-12)21-10-4-9(15)5-16-6-10/h4-8H,1-3H3. The topological polar surface area (TPSA) is 65.7 Å². The molecule has 0 fully saturated rings. The van der Waals surface area contributed by atoms with Gasteiger partial charge in [-0.3, -0.25) is 4.98 Å². The highest BCUT2D eigenvalue weighted by molar-refractivity contribution is 9.10. The summed E-state index contributed by atoms with van der Waals surface area (Å²) in [6.45, 7) is 6.21. The maximum Gasteiger partial charge on any atom is 0.233 e. The van der Waals surface area contributed by atoms with Crippen molar-refractivity contribution in [3.8, 4) is 11.6 Å². The van der Waals surface area contributed by atoms with Crippen molar-refractivity contribution in [1.82, 2.24) is 24.7 Å². The molecule has 0 aromatic carbocycles. The minimum Gasteiger partial charge on any atom is -0.436 e. The third-order valence-corrected chi connectivity index (χ3v) is 3.29. The van der Waals surface area contributed by atoms with Crippen LogP contribution in [0.2, 0.25) is 0 Å². The van der Waals surface area contributed by atoms with Crippen molar-refractivity contribution < 1.29 is 4.74 Å². The number of ether oxygens (including phenoxy) is 1. The van der Waals surface area contributed by atoms with Gasteiger partial charge in [0.25, 0.3) is 0 Å². The van der Waals surface area contributed by atoms with E-state index in [0.717, 1.165) is 15.5 Å². The SMILES string of the molecule is CC(C)(C)n1ncc2c(Oc3cncc(Br)c3)ncnc21. The van der Waals surface area contributed by atoms with Gasteiger partial charge >= 0.3 is 0 Å². The fraction of sp³-hybridized carbons (Fsp3) is 0.286. The van der Waals surface area contributed by atoms with Crippen molar-refractivity contribution >= 4 is 27.0 Å². The minimum absolute atomic E-state index is 0.162. The Bertz CT molecular complexity index is 793. The molecule has 0 aliphatic heterocycles. The molecule has 0 radical (unpaired) electrons. The quantitative estimate of drug-likeness (QED) is 0.709. The molecule has 3 rings (SSSR count). The third kappa shape index (κ3) is 2.73. The first-order valence-electron chi connectivity index (χ1n) is 6.43. The van der Waals surface area contributed by atoms with Gasteiger partial charge in [0.05, 0.1) is 17.9 Å². The Balaban J connectivity index is 2.06. The predicted molar refractivity (Wildman–Crippen MR) is 82.3 cm³/mol. The molecule has 0 amide bonds. The van der Waals surface area contributed by atoms with Crippen LogP contribution in [0.3, 0.4) is 0 Å². The van der Waals surface area contributed by atoms with E-state index >= 15 is 0 Å². The second-order valence-corrected chi connectivity index (χ2v) is 6.50. The Morgan fingerprint density at radius 1 is 1.14 bits per heavy atom. The Hall–Kier alpha value is -2.02. The summed E-state index contributed by atoms with van der Waals surface area (Å²) in [6, 6.07) is 1.83. The molecule has 3 heterocycles. The third-order valence-electron chi connectivity index (χ3n) is 2.86. The molecule has 0 saturated carbocycles. The molecular weight excluding hydrogens is 334 g/mol. The fourth-order valence-electron chi connectivity index (χ4n) is 1.95. The van der Waals surface area contributed by atoms with Crippen LogP contribution in [0, 0.1) is 0 Å². The van der Waals surface area contributed by atoms with Crippen molar-refractivity contribution in [2.75, 3.05) is 0 Å². The molecule has 0 aliphatic carbocycles. The summed E-state index contributed by atoms with van der Waals surface area (Å²) in [5.41, 5.74) is 0.584. The molecule has 0 saturated heterocycles. The van der Waals surface area contributed by atoms with Crippen molar-refractivity contribution in [1.29, 1.82) is 0 Å². The maximum absolute atomic E-state index is 5.80. The predicted octanol–water partition coefficient (Wildman–Crippen LogP) is 3.53. The summed E-state index contributed by atoms with van der Waals surface area (Å²) in [7, 11) is 0. The zero-order valence-corrected chi connectivity index (χ0v) is 13.5. The maximum atomic E-state index is 5.80. The molecule has 108 valence electrons. The summed E-state index contributed by atoms with van der Waals surface area (Å²) >= 11 is 3.36. The zero-order chi connectivity index (χ0) is 15.0. The summed E-state index contributed by atoms with van der Waals surface area (Å²) in [5, 5.41) is 5.17. The second kappa shape index (κ2) is 5.07. The van der Waals surface area contributed by atoms with E-state index in [1.807, 2.05) is 10.7 Å². The van der Waals surface area contributed by atoms with Crippen molar-refractivity contribution in [2.45, 2.75) is 26.3 Å². The lowest BCUT2D eigenvalue weighted by Crippen LogP contribution is -2.23. The van der Waals surface area contributed by atoms with Crippen LogP contribution in [-0.4, -0.2) is 24.7 Å². The van der Waals surface area contributed by atoms with Gasteiger partial charge in [0.2, 0.25) is 5.88 Å². The normalized spacial score (nSPS) is 11.8. The Morgan fingerprint density at radius 2 is 1.95 bits per heavy atom. The van der Waals surface area contributed by atoms with Gasteiger partial charge in [-0.25, -0.2) is 14.6 Å². The molecule has 0 N–H and O–H groups in total. The highest BCUT2D eigenvalue weighted by Crippen LogP contribution is 2.29. The Kier molecular flexibility index (Phi) is 3.36. The number of fused-ring (bicyclic) bond motifs is 1. The summed E-state index contributed by atoms with van der Waals surface area (Å²) in [5.74, 6) is 1.07. The molecule has 21 heavy (non-hydrogen) atoms. The molecule has 0 spiro atoms. The van der Waals surface area contributed by atoms with Gasteiger partial charge in [0, 0.05) is 10.7 Å². The lowest BCUT2D eigenvalue weighted by molar-refractivity contribution is 0.365. The summed E-state index contributed by atoms with van der Waals surface area (Å²) < 4.78 is 8.50. The van der Waals surface area contributed by atoms with E-state index in [1.165, 1.54) is 6.33 Å². The largest absolute Gasteiger partial charge is 0.436 e. The average molecular weight is 348 g/mol. The van der Waals surface area contributed by atoms with Gasteiger partial charge < -0.3 is 4.74 Å². The molecule has 0 bridgehead atoms. The van der Waals surface area contributed by atoms with Crippen molar-refractivity contribution in [3.05, 3.63) is 35.5 Å². The molecule has 0 atom stereocenters. The number of rotatable bonds is 2. The van der Waals surface area contributed by atoms with Crippen LogP contribution < -0.4 is 4.74 Å². The number of pyridine rings is 1. The molecular formula is C14H14BrN5O. The number of hydrogen-bond donors (Lipinski definition) is 0. The van der Waals surface area contributed by atoms with Crippen LogP contribution in [0.5, 0.6) is 11.6 Å². The van der Waals surface area contributed by atoms with E-state index in [0.29, 0.717) is 11.6 Å². The molecule has 0 unspecified atom stereocenters. The van der Waals surface area contributed by atoms with Crippen LogP contribution in [-0.2, 0) is 5.54 Å². The Morgan fingerprint density at radius 3 is 2.67 bits per heavy atom. The molecule has 6 nitrogen and oxygen atoms in total. The van der Waals surface area contributed by atoms with Gasteiger partial charge in [-0.15, -0.1) is 0 Å². The van der Waals surface area contributed by atoms with Gasteiger partial charge in [-0.2, -0.15) is 5.10 Å². The van der Waals surface area contributed by atoms with Crippen LogP contribution in [0.4, 0.5) is 0 Å². The van der Waals surface area contributed by atoms with E-state index in [2.05, 4.69) is 56.8 Å². The van der Waals surface area contributed by atoms with E-state index in [-0.39, 0.29) is 5.54 Å². The first-order chi connectivity index (χ1) is 9.95. The molecule has 7 heteroatoms. The van der Waals surface area contributed by atoms with Crippen LogP contribution in [0.25, 0.3) is 11.0 Å². The van der Waals surface area contributed by atoms with Crippen molar-refractivity contribution in [3.63, 3.8) is 0 Å². The van der Waals surface area contributed by atoms with Gasteiger partial charge in [0.1, 0.15) is 17.5 Å². The van der Waals surface area contributed by atoms with E-state index in [9.17, 15) is 0 Å². The van der Waals surface area contributed by atoms with Gasteiger partial charge in [-0.1, -0.05) is 0 Å². The number of halogens is 1. The second-order valence-electron chi connectivity index (χ2n) is 5.58. The molecule has 3 aromatic heterocycles. The number of aromatic nitrogens is 5. The Labute approximate surface area is 130 Å². The first kappa shape index (κ1) is 13.9. The number of nitrogens with zero attached hydrogens (tertiary/aromatic N) is 5. The lowest BCUT2D eigenvalue weighted by Gasteiger charge is -2.19. The van der Waals surface area contributed by atoms with Crippen LogP contribution in [0.15, 0.2) is 35.5 Å².